The van der Waals surface area contributed by atoms with Crippen LogP contribution in [0.5, 0.6) is 0 Å². The summed E-state index contributed by atoms with van der Waals surface area (Å²) in [5.41, 5.74) is 25.8. The lowest BCUT2D eigenvalue weighted by Gasteiger charge is -2.26. The summed E-state index contributed by atoms with van der Waals surface area (Å²) in [6.45, 7) is 13.7. The van der Waals surface area contributed by atoms with E-state index in [2.05, 4.69) is 284 Å². The Balaban J connectivity index is 1.10. The Morgan fingerprint density at radius 2 is 0.519 bits per heavy atom. The van der Waals surface area contributed by atoms with Crippen LogP contribution in [0.15, 0.2) is 224 Å². The number of aromatic nitrogens is 4. The number of rotatable bonds is 7. The van der Waals surface area contributed by atoms with E-state index in [0.717, 1.165) is 22.7 Å². The molecular formula is C72H55BN4. The van der Waals surface area contributed by atoms with Gasteiger partial charge in [0.1, 0.15) is 0 Å². The molecule has 0 N–H and O–H groups in total. The van der Waals surface area contributed by atoms with Gasteiger partial charge in [-0.3, -0.25) is 0 Å². The number of para-hydroxylation sites is 6. The molecular weight excluding hydrogens is 932 g/mol. The Morgan fingerprint density at radius 1 is 0.247 bits per heavy atom. The van der Waals surface area contributed by atoms with Crippen molar-refractivity contribution in [1.82, 2.24) is 18.3 Å². The van der Waals surface area contributed by atoms with Crippen LogP contribution in [0.4, 0.5) is 0 Å². The summed E-state index contributed by atoms with van der Waals surface area (Å²) in [4.78, 5) is 0. The second-order valence-corrected chi connectivity index (χ2v) is 21.6. The fourth-order valence-corrected chi connectivity index (χ4v) is 14.1. The van der Waals surface area contributed by atoms with Crippen molar-refractivity contribution in [1.29, 1.82) is 0 Å². The van der Waals surface area contributed by atoms with E-state index in [1.165, 1.54) is 137 Å². The van der Waals surface area contributed by atoms with Crippen LogP contribution in [0.2, 0.25) is 0 Å². The Kier molecular flexibility index (Phi) is 10.0. The summed E-state index contributed by atoms with van der Waals surface area (Å²) in [6, 6.07) is 84.2. The van der Waals surface area contributed by atoms with Crippen molar-refractivity contribution in [3.05, 3.63) is 258 Å². The minimum Gasteiger partial charge on any atom is -0.309 e. The summed E-state index contributed by atoms with van der Waals surface area (Å²) in [5.74, 6) is 0. The third-order valence-electron chi connectivity index (χ3n) is 16.8. The molecule has 4 nitrogen and oxygen atoms in total. The first-order valence-electron chi connectivity index (χ1n) is 27.0. The highest BCUT2D eigenvalue weighted by molar-refractivity contribution is 6.96. The molecule has 4 heterocycles. The molecule has 0 unspecified atom stereocenters. The van der Waals surface area contributed by atoms with E-state index in [0.29, 0.717) is 0 Å². The summed E-state index contributed by atoms with van der Waals surface area (Å²) in [7, 11) is 0. The van der Waals surface area contributed by atoms with Gasteiger partial charge in [-0.05, 0) is 133 Å². The fourth-order valence-electron chi connectivity index (χ4n) is 14.1. The van der Waals surface area contributed by atoms with Gasteiger partial charge in [0.05, 0.1) is 44.1 Å². The second-order valence-electron chi connectivity index (χ2n) is 21.6. The van der Waals surface area contributed by atoms with E-state index < -0.39 is 0 Å². The van der Waals surface area contributed by atoms with Gasteiger partial charge in [-0.25, -0.2) is 0 Å². The molecule has 0 radical (unpaired) electrons. The van der Waals surface area contributed by atoms with E-state index in [9.17, 15) is 0 Å². The molecule has 11 aromatic carbocycles. The Morgan fingerprint density at radius 3 is 0.831 bits per heavy atom. The van der Waals surface area contributed by atoms with Crippen molar-refractivity contribution in [3.8, 4) is 22.7 Å². The highest BCUT2D eigenvalue weighted by atomic mass is 15.0. The molecule has 366 valence electrons. The third kappa shape index (κ3) is 6.66. The minimum atomic E-state index is -0.0674. The maximum Gasteiger partial charge on any atom is 0.242 e. The molecule has 0 saturated heterocycles. The predicted molar refractivity (Wildman–Crippen MR) is 330 cm³/mol. The lowest BCUT2D eigenvalue weighted by Crippen LogP contribution is -2.56. The summed E-state index contributed by atoms with van der Waals surface area (Å²) in [5, 5.41) is 10.0. The first-order chi connectivity index (χ1) is 37.7. The quantitative estimate of drug-likeness (QED) is 0.142. The number of nitrogens with zero attached hydrogens (tertiary/aromatic N) is 4. The molecule has 0 bridgehead atoms. The number of fused-ring (bicyclic) bond motifs is 14. The molecule has 0 aliphatic rings. The summed E-state index contributed by atoms with van der Waals surface area (Å²) >= 11 is 0. The molecule has 0 atom stereocenters. The number of hydrogen-bond donors (Lipinski definition) is 0. The lowest BCUT2D eigenvalue weighted by atomic mass is 9.34. The molecule has 0 amide bonds. The zero-order chi connectivity index (χ0) is 51.8. The van der Waals surface area contributed by atoms with Gasteiger partial charge in [0.2, 0.25) is 6.71 Å². The van der Waals surface area contributed by atoms with Crippen LogP contribution < -0.4 is 16.4 Å². The van der Waals surface area contributed by atoms with Crippen molar-refractivity contribution < 1.29 is 0 Å². The molecule has 0 aliphatic carbocycles. The van der Waals surface area contributed by atoms with Crippen LogP contribution in [-0.2, 0) is 0 Å². The van der Waals surface area contributed by atoms with E-state index in [1.54, 1.807) is 0 Å². The normalized spacial score (nSPS) is 12.0. The standard InChI is InChI=1S/C72H55BN4/c1-44-37-46(3)71(47(4)38-44)73(72-48(5)39-45(2)40-49(72)6)50-41-53(76-61-31-19-15-27-57(61)69-65(76)35-33-63-67(69)55-25-13-17-29-59(55)74(63)51-21-9-7-10-22-51)43-54(42-50)77-62-32-20-16-28-58(62)70-66(77)36-34-64-68(70)56-26-14-18-30-60(56)75(64)52-23-11-8-12-24-52/h7-43H,1-6H3. The topological polar surface area (TPSA) is 19.7 Å². The van der Waals surface area contributed by atoms with E-state index in [4.69, 9.17) is 0 Å². The number of hydrogen-bond acceptors (Lipinski definition) is 0. The van der Waals surface area contributed by atoms with E-state index in [-0.39, 0.29) is 6.71 Å². The minimum absolute atomic E-state index is 0.0674. The Bertz CT molecular complexity index is 4580. The van der Waals surface area contributed by atoms with Crippen LogP contribution in [0, 0.1) is 41.5 Å². The van der Waals surface area contributed by atoms with Crippen LogP contribution in [0.3, 0.4) is 0 Å². The van der Waals surface area contributed by atoms with Crippen molar-refractivity contribution >= 4 is 110 Å². The number of benzene rings is 11. The average molecular weight is 987 g/mol. The van der Waals surface area contributed by atoms with E-state index in [1.807, 2.05) is 0 Å². The molecule has 0 fully saturated rings. The molecule has 0 spiro atoms. The SMILES string of the molecule is Cc1cc(C)c(B(c2cc(-n3c4ccccc4c4c5c6ccccc6n(-c6ccccc6)c5ccc43)cc(-n3c4ccccc4c4c5c6ccccc6n(-c6ccccc6)c5ccc43)c2)c2c(C)cc(C)cc2C)c(C)c1. The van der Waals surface area contributed by atoms with Gasteiger partial charge in [-0.1, -0.05) is 183 Å². The van der Waals surface area contributed by atoms with Crippen molar-refractivity contribution in [2.45, 2.75) is 41.5 Å². The van der Waals surface area contributed by atoms with Gasteiger partial charge in [0.25, 0.3) is 0 Å². The van der Waals surface area contributed by atoms with Crippen LogP contribution in [-0.4, -0.2) is 25.0 Å². The van der Waals surface area contributed by atoms with Gasteiger partial charge in [0.15, 0.2) is 0 Å². The van der Waals surface area contributed by atoms with Crippen molar-refractivity contribution in [3.63, 3.8) is 0 Å². The van der Waals surface area contributed by atoms with Crippen molar-refractivity contribution in [2.75, 3.05) is 0 Å². The monoisotopic (exact) mass is 986 g/mol. The molecule has 77 heavy (non-hydrogen) atoms. The smallest absolute Gasteiger partial charge is 0.242 e. The number of aryl methyl sites for hydroxylation is 6. The molecule has 15 aromatic rings. The fraction of sp³-hybridized carbons (Fsp3) is 0.0833. The molecule has 0 aliphatic heterocycles. The third-order valence-corrected chi connectivity index (χ3v) is 16.8. The Labute approximate surface area is 448 Å². The van der Waals surface area contributed by atoms with Crippen LogP contribution in [0.1, 0.15) is 33.4 Å². The summed E-state index contributed by atoms with van der Waals surface area (Å²) < 4.78 is 10.0. The first-order valence-corrected chi connectivity index (χ1v) is 27.0. The highest BCUT2D eigenvalue weighted by Gasteiger charge is 2.31. The lowest BCUT2D eigenvalue weighted by molar-refractivity contribution is 1.14. The molecule has 15 rings (SSSR count). The second kappa shape index (κ2) is 17.1. The molecule has 5 heteroatoms. The maximum atomic E-state index is 2.56. The van der Waals surface area contributed by atoms with Crippen molar-refractivity contribution in [2.24, 2.45) is 0 Å². The van der Waals surface area contributed by atoms with Gasteiger partial charge in [-0.15, -0.1) is 0 Å². The van der Waals surface area contributed by atoms with Gasteiger partial charge in [0, 0.05) is 65.8 Å². The first kappa shape index (κ1) is 45.1. The predicted octanol–water partition coefficient (Wildman–Crippen LogP) is 16.4. The van der Waals surface area contributed by atoms with Gasteiger partial charge >= 0.3 is 0 Å². The zero-order valence-electron chi connectivity index (χ0n) is 44.2. The van der Waals surface area contributed by atoms with Crippen LogP contribution >= 0.6 is 0 Å². The average Bonchev–Trinajstić information content (AvgIpc) is 4.39. The molecule has 4 aromatic heterocycles. The molecule has 0 saturated carbocycles. The highest BCUT2D eigenvalue weighted by Crippen LogP contribution is 2.45. The largest absolute Gasteiger partial charge is 0.309 e. The van der Waals surface area contributed by atoms with Gasteiger partial charge < -0.3 is 18.3 Å². The zero-order valence-corrected chi connectivity index (χ0v) is 44.2. The Hall–Kier alpha value is -9.32. The van der Waals surface area contributed by atoms with Gasteiger partial charge in [-0.2, -0.15) is 0 Å². The van der Waals surface area contributed by atoms with Crippen LogP contribution in [0.25, 0.3) is 110 Å². The maximum absolute atomic E-state index is 2.56. The summed E-state index contributed by atoms with van der Waals surface area (Å²) in [6.07, 6.45) is 0. The van der Waals surface area contributed by atoms with E-state index >= 15 is 0 Å².